The van der Waals surface area contributed by atoms with Crippen molar-refractivity contribution < 1.29 is 14.3 Å². The summed E-state index contributed by atoms with van der Waals surface area (Å²) in [5.74, 6) is 0.228. The Morgan fingerprint density at radius 3 is 2.76 bits per heavy atom. The number of benzene rings is 1. The Balaban J connectivity index is 2.55. The molecule has 1 rings (SSSR count). The molecule has 0 bridgehead atoms. The minimum Gasteiger partial charge on any atom is -0.482 e. The summed E-state index contributed by atoms with van der Waals surface area (Å²) in [6.07, 6.45) is -0.129. The maximum atomic E-state index is 11.3. The van der Waals surface area contributed by atoms with Crippen molar-refractivity contribution in [1.82, 2.24) is 0 Å². The third-order valence-corrected chi connectivity index (χ3v) is 2.73. The van der Waals surface area contributed by atoms with Gasteiger partial charge in [-0.05, 0) is 37.6 Å². The van der Waals surface area contributed by atoms with E-state index in [2.05, 4.69) is 15.9 Å². The second-order valence-electron chi connectivity index (χ2n) is 3.78. The molecule has 0 amide bonds. The molecule has 0 aliphatic heterocycles. The SMILES string of the molecule is CC(C)OC(=O)COc1ccc(Br)c(CN)c1. The van der Waals surface area contributed by atoms with E-state index in [9.17, 15) is 4.79 Å². The first kappa shape index (κ1) is 14.0. The number of carbonyl (C=O) groups excluding carboxylic acids is 1. The molecule has 1 aromatic carbocycles. The summed E-state index contributed by atoms with van der Waals surface area (Å²) in [6.45, 7) is 3.91. The minimum absolute atomic E-state index is 0.0934. The molecule has 4 nitrogen and oxygen atoms in total. The summed E-state index contributed by atoms with van der Waals surface area (Å²) in [7, 11) is 0. The lowest BCUT2D eigenvalue weighted by molar-refractivity contribution is -0.149. The van der Waals surface area contributed by atoms with Crippen LogP contribution in [-0.2, 0) is 16.1 Å². The number of hydrogen-bond acceptors (Lipinski definition) is 4. The second kappa shape index (κ2) is 6.61. The Hall–Kier alpha value is -1.07. The van der Waals surface area contributed by atoms with Gasteiger partial charge in [0.05, 0.1) is 6.10 Å². The third kappa shape index (κ3) is 4.75. The van der Waals surface area contributed by atoms with Gasteiger partial charge in [-0.15, -0.1) is 0 Å². The Bertz CT molecular complexity index is 393. The molecule has 0 saturated heterocycles. The number of nitrogens with two attached hydrogens (primary N) is 1. The summed E-state index contributed by atoms with van der Waals surface area (Å²) in [4.78, 5) is 11.3. The van der Waals surface area contributed by atoms with E-state index >= 15 is 0 Å². The largest absolute Gasteiger partial charge is 0.482 e. The lowest BCUT2D eigenvalue weighted by Crippen LogP contribution is -2.18. The van der Waals surface area contributed by atoms with Gasteiger partial charge in [-0.25, -0.2) is 4.79 Å². The maximum Gasteiger partial charge on any atom is 0.344 e. The van der Waals surface area contributed by atoms with E-state index < -0.39 is 0 Å². The highest BCUT2D eigenvalue weighted by Gasteiger charge is 2.07. The first-order chi connectivity index (χ1) is 8.02. The van der Waals surface area contributed by atoms with Gasteiger partial charge in [0.1, 0.15) is 5.75 Å². The lowest BCUT2D eigenvalue weighted by Gasteiger charge is -2.10. The molecule has 5 heteroatoms. The van der Waals surface area contributed by atoms with Crippen molar-refractivity contribution in [2.24, 2.45) is 5.73 Å². The van der Waals surface area contributed by atoms with Gasteiger partial charge in [0.25, 0.3) is 0 Å². The Labute approximate surface area is 109 Å². The molecule has 94 valence electrons. The van der Waals surface area contributed by atoms with Crippen LogP contribution < -0.4 is 10.5 Å². The number of rotatable bonds is 5. The van der Waals surface area contributed by atoms with Crippen LogP contribution in [-0.4, -0.2) is 18.7 Å². The molecule has 0 spiro atoms. The zero-order valence-electron chi connectivity index (χ0n) is 9.90. The molecule has 0 fully saturated rings. The van der Waals surface area contributed by atoms with E-state index in [0.717, 1.165) is 10.0 Å². The number of ether oxygens (including phenoxy) is 2. The molecule has 0 aliphatic carbocycles. The van der Waals surface area contributed by atoms with Gasteiger partial charge in [0.15, 0.2) is 6.61 Å². The van der Waals surface area contributed by atoms with Crippen LogP contribution in [0.15, 0.2) is 22.7 Å². The monoisotopic (exact) mass is 301 g/mol. The summed E-state index contributed by atoms with van der Waals surface area (Å²) >= 11 is 3.38. The van der Waals surface area contributed by atoms with Gasteiger partial charge in [0, 0.05) is 11.0 Å². The minimum atomic E-state index is -0.378. The Morgan fingerprint density at radius 2 is 2.18 bits per heavy atom. The Kier molecular flexibility index (Phi) is 5.44. The van der Waals surface area contributed by atoms with Gasteiger partial charge in [0.2, 0.25) is 0 Å². The molecule has 0 aromatic heterocycles. The van der Waals surface area contributed by atoms with E-state index in [4.69, 9.17) is 15.2 Å². The first-order valence-corrected chi connectivity index (χ1v) is 6.13. The molecule has 0 atom stereocenters. The molecule has 0 saturated carbocycles. The normalized spacial score (nSPS) is 10.4. The van der Waals surface area contributed by atoms with Crippen LogP contribution >= 0.6 is 15.9 Å². The number of hydrogen-bond donors (Lipinski definition) is 1. The van der Waals surface area contributed by atoms with Crippen LogP contribution in [0.25, 0.3) is 0 Å². The quantitative estimate of drug-likeness (QED) is 0.847. The highest BCUT2D eigenvalue weighted by Crippen LogP contribution is 2.22. The average Bonchev–Trinajstić information content (AvgIpc) is 2.27. The number of halogens is 1. The second-order valence-corrected chi connectivity index (χ2v) is 4.64. The third-order valence-electron chi connectivity index (χ3n) is 1.96. The van der Waals surface area contributed by atoms with E-state index in [1.54, 1.807) is 26.0 Å². The first-order valence-electron chi connectivity index (χ1n) is 5.33. The number of carbonyl (C=O) groups is 1. The predicted octanol–water partition coefficient (Wildman–Crippen LogP) is 2.24. The van der Waals surface area contributed by atoms with Crippen molar-refractivity contribution in [3.8, 4) is 5.75 Å². The van der Waals surface area contributed by atoms with Crippen molar-refractivity contribution in [2.75, 3.05) is 6.61 Å². The molecule has 0 unspecified atom stereocenters. The van der Waals surface area contributed by atoms with Crippen LogP contribution in [0.5, 0.6) is 5.75 Å². The molecule has 2 N–H and O–H groups in total. The lowest BCUT2D eigenvalue weighted by atomic mass is 10.2. The van der Waals surface area contributed by atoms with Crippen molar-refractivity contribution >= 4 is 21.9 Å². The van der Waals surface area contributed by atoms with Crippen molar-refractivity contribution in [2.45, 2.75) is 26.5 Å². The van der Waals surface area contributed by atoms with Gasteiger partial charge in [-0.3, -0.25) is 0 Å². The highest BCUT2D eigenvalue weighted by atomic mass is 79.9. The summed E-state index contributed by atoms with van der Waals surface area (Å²) in [5.41, 5.74) is 6.49. The van der Waals surface area contributed by atoms with Gasteiger partial charge < -0.3 is 15.2 Å². The highest BCUT2D eigenvalue weighted by molar-refractivity contribution is 9.10. The smallest absolute Gasteiger partial charge is 0.344 e. The van der Waals surface area contributed by atoms with E-state index in [0.29, 0.717) is 12.3 Å². The zero-order chi connectivity index (χ0) is 12.8. The van der Waals surface area contributed by atoms with Gasteiger partial charge in [-0.1, -0.05) is 15.9 Å². The van der Waals surface area contributed by atoms with Crippen LogP contribution in [0, 0.1) is 0 Å². The number of esters is 1. The van der Waals surface area contributed by atoms with Gasteiger partial charge in [-0.2, -0.15) is 0 Å². The molecular weight excluding hydrogens is 286 g/mol. The molecule has 0 aliphatic rings. The standard InChI is InChI=1S/C12H16BrNO3/c1-8(2)17-12(15)7-16-10-3-4-11(13)9(5-10)6-14/h3-5,8H,6-7,14H2,1-2H3. The summed E-state index contributed by atoms with van der Waals surface area (Å²) < 4.78 is 11.2. The fourth-order valence-corrected chi connectivity index (χ4v) is 1.64. The predicted molar refractivity (Wildman–Crippen MR) is 68.8 cm³/mol. The maximum absolute atomic E-state index is 11.3. The van der Waals surface area contributed by atoms with E-state index in [1.165, 1.54) is 0 Å². The van der Waals surface area contributed by atoms with Crippen LogP contribution in [0.4, 0.5) is 0 Å². The fourth-order valence-electron chi connectivity index (χ4n) is 1.24. The van der Waals surface area contributed by atoms with Crippen LogP contribution in [0.1, 0.15) is 19.4 Å². The van der Waals surface area contributed by atoms with Crippen molar-refractivity contribution in [3.63, 3.8) is 0 Å². The molecule has 1 aromatic rings. The topological polar surface area (TPSA) is 61.5 Å². The Morgan fingerprint density at radius 1 is 1.47 bits per heavy atom. The van der Waals surface area contributed by atoms with E-state index in [-0.39, 0.29) is 18.7 Å². The molecule has 0 heterocycles. The van der Waals surface area contributed by atoms with Crippen molar-refractivity contribution in [1.29, 1.82) is 0 Å². The van der Waals surface area contributed by atoms with Crippen molar-refractivity contribution in [3.05, 3.63) is 28.2 Å². The zero-order valence-corrected chi connectivity index (χ0v) is 11.5. The average molecular weight is 302 g/mol. The fraction of sp³-hybridized carbons (Fsp3) is 0.417. The molecule has 0 radical (unpaired) electrons. The summed E-state index contributed by atoms with van der Waals surface area (Å²) in [5, 5.41) is 0. The van der Waals surface area contributed by atoms with Crippen LogP contribution in [0.2, 0.25) is 0 Å². The van der Waals surface area contributed by atoms with E-state index in [1.807, 2.05) is 6.07 Å². The molecule has 17 heavy (non-hydrogen) atoms. The molecular formula is C12H16BrNO3. The van der Waals surface area contributed by atoms with Crippen LogP contribution in [0.3, 0.4) is 0 Å². The van der Waals surface area contributed by atoms with Gasteiger partial charge >= 0.3 is 5.97 Å². The summed E-state index contributed by atoms with van der Waals surface area (Å²) in [6, 6.07) is 5.41.